The highest BCUT2D eigenvalue weighted by molar-refractivity contribution is 5.67. The lowest BCUT2D eigenvalue weighted by Crippen LogP contribution is -2.18. The van der Waals surface area contributed by atoms with Crippen molar-refractivity contribution in [2.45, 2.75) is 33.7 Å². The summed E-state index contributed by atoms with van der Waals surface area (Å²) >= 11 is 0. The average molecular weight is 379 g/mol. The standard InChI is InChI=1S/C20H24F3N3O/c1-5-26(4)13-25-18-11-14(2)17(10-15(18)3)24-12-16-8-6-7-9-19(16)27-20(21,22)23/h6-11,13,24H,5,12H2,1-4H3. The molecule has 0 spiro atoms. The summed E-state index contributed by atoms with van der Waals surface area (Å²) in [7, 11) is 1.95. The molecule has 146 valence electrons. The number of rotatable bonds is 7. The number of nitrogens with zero attached hydrogens (tertiary/aromatic N) is 2. The van der Waals surface area contributed by atoms with Crippen molar-refractivity contribution >= 4 is 17.7 Å². The van der Waals surface area contributed by atoms with Gasteiger partial charge in [0.2, 0.25) is 0 Å². The van der Waals surface area contributed by atoms with Crippen LogP contribution in [0, 0.1) is 13.8 Å². The zero-order valence-corrected chi connectivity index (χ0v) is 15.9. The number of ether oxygens (including phenoxy) is 1. The predicted molar refractivity (Wildman–Crippen MR) is 103 cm³/mol. The van der Waals surface area contributed by atoms with E-state index in [2.05, 4.69) is 15.0 Å². The Kier molecular flexibility index (Phi) is 6.71. The zero-order valence-electron chi connectivity index (χ0n) is 15.9. The van der Waals surface area contributed by atoms with Gasteiger partial charge in [0.15, 0.2) is 0 Å². The molecule has 27 heavy (non-hydrogen) atoms. The fraction of sp³-hybridized carbons (Fsp3) is 0.350. The second kappa shape index (κ2) is 8.79. The third kappa shape index (κ3) is 6.20. The van der Waals surface area contributed by atoms with Crippen molar-refractivity contribution in [3.63, 3.8) is 0 Å². The lowest BCUT2D eigenvalue weighted by Gasteiger charge is -2.16. The lowest BCUT2D eigenvalue weighted by atomic mass is 10.1. The molecule has 7 heteroatoms. The number of anilines is 1. The third-order valence-electron chi connectivity index (χ3n) is 4.10. The first kappa shape index (κ1) is 20.6. The molecule has 0 amide bonds. The van der Waals surface area contributed by atoms with Gasteiger partial charge in [-0.05, 0) is 50.1 Å². The molecule has 0 fully saturated rings. The van der Waals surface area contributed by atoms with E-state index < -0.39 is 6.36 Å². The van der Waals surface area contributed by atoms with Gasteiger partial charge < -0.3 is 15.0 Å². The van der Waals surface area contributed by atoms with E-state index >= 15 is 0 Å². The Hall–Kier alpha value is -2.70. The van der Waals surface area contributed by atoms with Gasteiger partial charge in [-0.2, -0.15) is 0 Å². The summed E-state index contributed by atoms with van der Waals surface area (Å²) in [6, 6.07) is 10.0. The summed E-state index contributed by atoms with van der Waals surface area (Å²) in [5.41, 5.74) is 4.07. The number of hydrogen-bond acceptors (Lipinski definition) is 3. The molecule has 0 heterocycles. The Morgan fingerprint density at radius 1 is 1.15 bits per heavy atom. The van der Waals surface area contributed by atoms with Crippen LogP contribution in [0.2, 0.25) is 0 Å². The van der Waals surface area contributed by atoms with Gasteiger partial charge in [0.25, 0.3) is 0 Å². The van der Waals surface area contributed by atoms with Gasteiger partial charge in [-0.25, -0.2) is 4.99 Å². The van der Waals surface area contributed by atoms with E-state index in [9.17, 15) is 13.2 Å². The number of para-hydroxylation sites is 1. The first-order valence-electron chi connectivity index (χ1n) is 8.62. The minimum absolute atomic E-state index is 0.198. The van der Waals surface area contributed by atoms with Crippen LogP contribution in [0.4, 0.5) is 24.5 Å². The van der Waals surface area contributed by atoms with E-state index in [4.69, 9.17) is 0 Å². The highest BCUT2D eigenvalue weighted by Crippen LogP contribution is 2.29. The second-order valence-corrected chi connectivity index (χ2v) is 6.28. The van der Waals surface area contributed by atoms with Gasteiger partial charge in [0.05, 0.1) is 12.0 Å². The maximum absolute atomic E-state index is 12.5. The number of halogens is 3. The molecule has 4 nitrogen and oxygen atoms in total. The number of benzene rings is 2. The van der Waals surface area contributed by atoms with Crippen LogP contribution >= 0.6 is 0 Å². The molecule has 2 aromatic rings. The molecule has 0 aliphatic rings. The number of alkyl halides is 3. The van der Waals surface area contributed by atoms with Crippen molar-refractivity contribution in [2.24, 2.45) is 4.99 Å². The van der Waals surface area contributed by atoms with Gasteiger partial charge in [0, 0.05) is 31.4 Å². The molecule has 0 radical (unpaired) electrons. The summed E-state index contributed by atoms with van der Waals surface area (Å²) in [4.78, 5) is 6.45. The van der Waals surface area contributed by atoms with Crippen LogP contribution in [0.5, 0.6) is 5.75 Å². The molecule has 0 atom stereocenters. The Morgan fingerprint density at radius 2 is 1.85 bits per heavy atom. The van der Waals surface area contributed by atoms with Crippen LogP contribution in [0.3, 0.4) is 0 Å². The van der Waals surface area contributed by atoms with E-state index in [1.165, 1.54) is 12.1 Å². The lowest BCUT2D eigenvalue weighted by molar-refractivity contribution is -0.274. The Bertz CT molecular complexity index is 804. The highest BCUT2D eigenvalue weighted by atomic mass is 19.4. The molecule has 0 saturated heterocycles. The average Bonchev–Trinajstić information content (AvgIpc) is 2.60. The SMILES string of the molecule is CCN(C)C=Nc1cc(C)c(NCc2ccccc2OC(F)(F)F)cc1C. The molecule has 0 aliphatic carbocycles. The van der Waals surface area contributed by atoms with Crippen LogP contribution in [-0.4, -0.2) is 31.2 Å². The quantitative estimate of drug-likeness (QED) is 0.515. The number of aliphatic imine (C=N–C) groups is 1. The minimum Gasteiger partial charge on any atom is -0.405 e. The maximum Gasteiger partial charge on any atom is 0.573 e. The number of aryl methyl sites for hydroxylation is 2. The highest BCUT2D eigenvalue weighted by Gasteiger charge is 2.31. The van der Waals surface area contributed by atoms with Crippen LogP contribution in [0.15, 0.2) is 41.4 Å². The van der Waals surface area contributed by atoms with Crippen LogP contribution < -0.4 is 10.1 Å². The molecule has 0 aromatic heterocycles. The van der Waals surface area contributed by atoms with Crippen molar-refractivity contribution in [1.82, 2.24) is 4.90 Å². The first-order chi connectivity index (χ1) is 12.7. The van der Waals surface area contributed by atoms with Crippen molar-refractivity contribution in [2.75, 3.05) is 18.9 Å². The Labute approximate surface area is 157 Å². The molecule has 0 aliphatic heterocycles. The zero-order chi connectivity index (χ0) is 20.0. The fourth-order valence-electron chi connectivity index (χ4n) is 2.44. The van der Waals surface area contributed by atoms with Crippen LogP contribution in [0.25, 0.3) is 0 Å². The van der Waals surface area contributed by atoms with Crippen LogP contribution in [-0.2, 0) is 6.54 Å². The number of hydrogen-bond donors (Lipinski definition) is 1. The molecular weight excluding hydrogens is 355 g/mol. The van der Waals surface area contributed by atoms with Gasteiger partial charge in [0.1, 0.15) is 5.75 Å². The largest absolute Gasteiger partial charge is 0.573 e. The molecule has 0 saturated carbocycles. The fourth-order valence-corrected chi connectivity index (χ4v) is 2.44. The van der Waals surface area contributed by atoms with Gasteiger partial charge in [-0.15, -0.1) is 13.2 Å². The predicted octanol–water partition coefficient (Wildman–Crippen LogP) is 5.43. The van der Waals surface area contributed by atoms with Crippen molar-refractivity contribution in [3.8, 4) is 5.75 Å². The monoisotopic (exact) mass is 379 g/mol. The van der Waals surface area contributed by atoms with Gasteiger partial charge in [-0.3, -0.25) is 0 Å². The van der Waals surface area contributed by atoms with Crippen molar-refractivity contribution in [1.29, 1.82) is 0 Å². The van der Waals surface area contributed by atoms with Crippen LogP contribution in [0.1, 0.15) is 23.6 Å². The Morgan fingerprint density at radius 3 is 2.52 bits per heavy atom. The topological polar surface area (TPSA) is 36.9 Å². The van der Waals surface area contributed by atoms with Crippen molar-refractivity contribution < 1.29 is 17.9 Å². The summed E-state index contributed by atoms with van der Waals surface area (Å²) < 4.78 is 41.7. The summed E-state index contributed by atoms with van der Waals surface area (Å²) in [5, 5.41) is 3.19. The van der Waals surface area contributed by atoms with Gasteiger partial charge in [-0.1, -0.05) is 18.2 Å². The number of nitrogens with one attached hydrogen (secondary N) is 1. The third-order valence-corrected chi connectivity index (χ3v) is 4.10. The van der Waals surface area contributed by atoms with E-state index in [1.54, 1.807) is 18.5 Å². The smallest absolute Gasteiger partial charge is 0.405 e. The van der Waals surface area contributed by atoms with Gasteiger partial charge >= 0.3 is 6.36 Å². The summed E-state index contributed by atoms with van der Waals surface area (Å²) in [5.74, 6) is -0.198. The molecule has 2 aromatic carbocycles. The van der Waals surface area contributed by atoms with E-state index in [0.29, 0.717) is 5.56 Å². The minimum atomic E-state index is -4.71. The summed E-state index contributed by atoms with van der Waals surface area (Å²) in [6.07, 6.45) is -2.94. The molecular formula is C20H24F3N3O. The summed E-state index contributed by atoms with van der Waals surface area (Å²) in [6.45, 7) is 7.00. The maximum atomic E-state index is 12.5. The Balaban J connectivity index is 2.15. The second-order valence-electron chi connectivity index (χ2n) is 6.28. The molecule has 2 rings (SSSR count). The molecule has 0 unspecified atom stereocenters. The molecule has 1 N–H and O–H groups in total. The van der Waals surface area contributed by atoms with Crippen molar-refractivity contribution in [3.05, 3.63) is 53.1 Å². The normalized spacial score (nSPS) is 11.7. The van der Waals surface area contributed by atoms with E-state index in [1.807, 2.05) is 44.9 Å². The first-order valence-corrected chi connectivity index (χ1v) is 8.62. The van der Waals surface area contributed by atoms with E-state index in [-0.39, 0.29) is 12.3 Å². The van der Waals surface area contributed by atoms with E-state index in [0.717, 1.165) is 29.0 Å². The molecule has 0 bridgehead atoms.